The predicted octanol–water partition coefficient (Wildman–Crippen LogP) is 15.9. The van der Waals surface area contributed by atoms with Gasteiger partial charge in [-0.1, -0.05) is 187 Å². The number of hydrogen-bond acceptors (Lipinski definition) is 0. The summed E-state index contributed by atoms with van der Waals surface area (Å²) in [7, 11) is 0. The third kappa shape index (κ3) is 4.37. The molecule has 1 aromatic heterocycles. The quantitative estimate of drug-likeness (QED) is 0.157. The number of para-hydroxylation sites is 2. The normalized spacial score (nSPS) is 21.6. The molecule has 0 aliphatic heterocycles. The van der Waals surface area contributed by atoms with E-state index < -0.39 is 356 Å². The minimum atomic E-state index is -2.93. The third-order valence-corrected chi connectivity index (χ3v) is 11.4. The smallest absolute Gasteiger partial charge is 0.0725 e. The number of fused-ring (bicyclic) bond motifs is 19. The predicted molar refractivity (Wildman–Crippen MR) is 260 cm³/mol. The first-order chi connectivity index (χ1) is 46.2. The van der Waals surface area contributed by atoms with Crippen LogP contribution < -0.4 is 0 Å². The zero-order chi connectivity index (χ0) is 72.7. The van der Waals surface area contributed by atoms with Crippen LogP contribution >= 0.6 is 0 Å². The highest BCUT2D eigenvalue weighted by molar-refractivity contribution is 6.26. The fourth-order valence-corrected chi connectivity index (χ4v) is 8.93. The molecule has 0 bridgehead atoms. The van der Waals surface area contributed by atoms with Gasteiger partial charge in [0.05, 0.1) is 67.2 Å². The lowest BCUT2D eigenvalue weighted by Gasteiger charge is -2.30. The van der Waals surface area contributed by atoms with Crippen LogP contribution in [-0.4, -0.2) is 4.57 Å². The number of nitrogens with zero attached hydrogens (tertiary/aromatic N) is 1. The van der Waals surface area contributed by atoms with E-state index in [1.807, 2.05) is 0 Å². The summed E-state index contributed by atoms with van der Waals surface area (Å²) < 4.78 is 347. The van der Waals surface area contributed by atoms with Gasteiger partial charge in [-0.3, -0.25) is 0 Å². The Balaban J connectivity index is 1.18. The van der Waals surface area contributed by atoms with Crippen LogP contribution in [0.3, 0.4) is 0 Å². The average Bonchev–Trinajstić information content (AvgIpc) is 1.47. The molecule has 0 unspecified atom stereocenters. The summed E-state index contributed by atoms with van der Waals surface area (Å²) in [6.07, 6.45) is 0. The van der Waals surface area contributed by atoms with E-state index in [0.717, 1.165) is 4.57 Å². The molecule has 11 aromatic carbocycles. The molecule has 0 saturated heterocycles. The van der Waals surface area contributed by atoms with Crippen molar-refractivity contribution >= 4 is 54.1 Å². The first-order valence-electron chi connectivity index (χ1n) is 37.2. The Hall–Kier alpha value is -8.00. The van der Waals surface area contributed by atoms with Gasteiger partial charge in [0, 0.05) is 16.5 Å². The van der Waals surface area contributed by atoms with Crippen molar-refractivity contribution in [2.45, 2.75) is 5.41 Å². The number of hydrogen-bond donors (Lipinski definition) is 0. The Labute approximate surface area is 411 Å². The molecule has 1 nitrogen and oxygen atoms in total. The van der Waals surface area contributed by atoms with Gasteiger partial charge < -0.3 is 4.57 Å². The molecular weight excluding hydrogens is 747 g/mol. The molecule has 0 saturated carbocycles. The first-order valence-corrected chi connectivity index (χ1v) is 18.7. The van der Waals surface area contributed by atoms with Crippen molar-refractivity contribution in [1.29, 1.82) is 0 Å². The van der Waals surface area contributed by atoms with E-state index in [2.05, 4.69) is 0 Å². The Bertz CT molecular complexity index is 5920. The van der Waals surface area contributed by atoms with Crippen LogP contribution in [0.2, 0.25) is 0 Å². The van der Waals surface area contributed by atoms with E-state index in [9.17, 15) is 31.5 Å². The molecule has 1 spiro atoms. The second kappa shape index (κ2) is 12.5. The van der Waals surface area contributed by atoms with E-state index in [4.69, 9.17) is 19.2 Å². The van der Waals surface area contributed by atoms with Gasteiger partial charge in [-0.2, -0.15) is 0 Å². The minimum absolute atomic E-state index is 0.533. The largest absolute Gasteiger partial charge is 0.309 e. The summed E-state index contributed by atoms with van der Waals surface area (Å²) in [5, 5.41) is -5.64. The van der Waals surface area contributed by atoms with Gasteiger partial charge in [0.15, 0.2) is 0 Å². The molecule has 1 heterocycles. The molecule has 0 fully saturated rings. The van der Waals surface area contributed by atoms with Crippen molar-refractivity contribution in [1.82, 2.24) is 4.57 Å². The Morgan fingerprint density at radius 3 is 1.45 bits per heavy atom. The molecule has 2 aliphatic rings. The van der Waals surface area contributed by atoms with Crippen molar-refractivity contribution in [3.05, 3.63) is 246 Å². The highest BCUT2D eigenvalue weighted by atomic mass is 15.0. The molecule has 12 aromatic rings. The summed E-state index contributed by atoms with van der Waals surface area (Å²) in [4.78, 5) is 0. The molecule has 0 atom stereocenters. The fourth-order valence-electron chi connectivity index (χ4n) is 8.93. The van der Waals surface area contributed by atoms with E-state index in [1.54, 1.807) is 0 Å². The second-order valence-corrected chi connectivity index (χ2v) is 14.3. The van der Waals surface area contributed by atoms with Crippen LogP contribution in [-0.2, 0) is 5.41 Å². The molecular formula is C61H37N. The van der Waals surface area contributed by atoms with E-state index >= 15 is 0 Å². The van der Waals surface area contributed by atoms with Crippen molar-refractivity contribution < 1.29 is 50.7 Å². The van der Waals surface area contributed by atoms with Gasteiger partial charge in [0.25, 0.3) is 0 Å². The average molecular weight is 821 g/mol. The van der Waals surface area contributed by atoms with Crippen LogP contribution in [0.4, 0.5) is 0 Å². The van der Waals surface area contributed by atoms with Gasteiger partial charge in [-0.05, 0) is 135 Å². The molecule has 2 aliphatic carbocycles. The van der Waals surface area contributed by atoms with Gasteiger partial charge >= 0.3 is 0 Å². The van der Waals surface area contributed by atoms with E-state index in [-0.39, 0.29) is 0 Å². The lowest BCUT2D eigenvalue weighted by Crippen LogP contribution is -2.25. The summed E-state index contributed by atoms with van der Waals surface area (Å²) in [6, 6.07) is -38.1. The maximum atomic E-state index is 10.3. The summed E-state index contributed by atoms with van der Waals surface area (Å²) >= 11 is 0. The Morgan fingerprint density at radius 1 is 0.290 bits per heavy atom. The number of benzene rings is 11. The number of aromatic nitrogens is 1. The Kier molecular flexibility index (Phi) is 2.83. The third-order valence-electron chi connectivity index (χ3n) is 11.4. The van der Waals surface area contributed by atoms with Gasteiger partial charge in [-0.25, -0.2) is 0 Å². The fraction of sp³-hybridized carbons (Fsp3) is 0.0164. The van der Waals surface area contributed by atoms with Gasteiger partial charge in [0.1, 0.15) is 0 Å². The molecule has 14 rings (SSSR count). The van der Waals surface area contributed by atoms with Crippen LogP contribution in [0.25, 0.3) is 104 Å². The molecule has 0 amide bonds. The van der Waals surface area contributed by atoms with E-state index in [0.29, 0.717) is 0 Å². The SMILES string of the molecule is [2H]c1c([2H])c(-c2c([2H])c([2H])c([2H])c3c2-c2c([2H])c([2H])c([2H])c([2H])c2C32c3c([2H])c([2H])c([2H])c([2H])c3-c3c([2H])c([2H])c([2H])c([2H])c32)c([2H])c(-c2c([2H])c([2H])c3c4c([2H])c([2H])c([2H])c([2H])c4c4c([2H])c(-n5c6c([2H])c([2H])c([2H])c([2H])c6c6c([2H])c([2H])c([2H])c([2H])c65)c([2H])c([2H])c4c3c2[2H])c1[2H]. The molecule has 1 heteroatoms. The standard InChI is InChI=1S/C61H37N/c1-2-18-44-43(17-1)45-33-31-39(36-52(45)46-34-32-41(37-53(44)46)62-58-29-11-6-21-49(58)50-22-7-12-30-59(50)62)38-15-13-16-40(35-38)42-24-14-28-57-60(42)51-23-5-10-27-56(51)61(57)54-25-8-3-19-47(54)48-20-4-9-26-55(48)61/h1-37H/i1D,2D,3D,4D,5D,6D,7D,8D,9D,10D,11D,12D,13D,14D,15D,16D,17D,18D,19D,20D,21D,22D,23D,24D,25D,26D,27D,28D,29D,30D,31D,32D,33D,34D,35D,36D,37D. The molecule has 0 radical (unpaired) electrons. The van der Waals surface area contributed by atoms with Crippen LogP contribution in [0.5, 0.6) is 0 Å². The monoisotopic (exact) mass is 821 g/mol. The van der Waals surface area contributed by atoms with Crippen LogP contribution in [0.15, 0.2) is 224 Å². The van der Waals surface area contributed by atoms with Crippen molar-refractivity contribution in [2.24, 2.45) is 0 Å². The maximum absolute atomic E-state index is 10.3. The van der Waals surface area contributed by atoms with Crippen molar-refractivity contribution in [2.75, 3.05) is 0 Å². The lowest BCUT2D eigenvalue weighted by molar-refractivity contribution is 0.794. The zero-order valence-corrected chi connectivity index (χ0v) is 30.9. The summed E-state index contributed by atoms with van der Waals surface area (Å²) in [5.74, 6) is 0. The summed E-state index contributed by atoms with van der Waals surface area (Å²) in [6.45, 7) is 0. The van der Waals surface area contributed by atoms with Crippen LogP contribution in [0, 0.1) is 0 Å². The lowest BCUT2D eigenvalue weighted by atomic mass is 9.70. The minimum Gasteiger partial charge on any atom is -0.309 e. The van der Waals surface area contributed by atoms with Gasteiger partial charge in [0.2, 0.25) is 0 Å². The van der Waals surface area contributed by atoms with Gasteiger partial charge in [-0.15, -0.1) is 0 Å². The Morgan fingerprint density at radius 2 is 0.742 bits per heavy atom. The first kappa shape index (κ1) is 14.0. The number of rotatable bonds is 3. The highest BCUT2D eigenvalue weighted by Gasteiger charge is 2.51. The van der Waals surface area contributed by atoms with Crippen molar-refractivity contribution in [3.8, 4) is 50.2 Å². The zero-order valence-electron chi connectivity index (χ0n) is 67.9. The topological polar surface area (TPSA) is 4.93 Å². The summed E-state index contributed by atoms with van der Waals surface area (Å²) in [5.41, 5.74) is -15.0. The highest BCUT2D eigenvalue weighted by Crippen LogP contribution is 2.64. The van der Waals surface area contributed by atoms with Crippen LogP contribution in [0.1, 0.15) is 73.0 Å². The van der Waals surface area contributed by atoms with E-state index in [1.165, 1.54) is 0 Å². The van der Waals surface area contributed by atoms with Crippen molar-refractivity contribution in [3.63, 3.8) is 0 Å². The molecule has 286 valence electrons. The second-order valence-electron chi connectivity index (χ2n) is 14.3. The molecule has 62 heavy (non-hydrogen) atoms. The maximum Gasteiger partial charge on any atom is 0.0725 e. The molecule has 0 N–H and O–H groups in total.